The molecule has 0 amide bonds. The lowest BCUT2D eigenvalue weighted by Crippen LogP contribution is -2.04. The van der Waals surface area contributed by atoms with Crippen LogP contribution < -0.4 is 16.2 Å². The topological polar surface area (TPSA) is 134 Å². The number of aromatic hydroxyl groups is 1. The second-order valence-corrected chi connectivity index (χ2v) is 7.69. The van der Waals surface area contributed by atoms with Gasteiger partial charge in [-0.2, -0.15) is 0 Å². The fourth-order valence-corrected chi connectivity index (χ4v) is 2.66. The Balaban J connectivity index is 0.000000404. The van der Waals surface area contributed by atoms with Gasteiger partial charge in [0.15, 0.2) is 0 Å². The molecule has 0 aliphatic rings. The van der Waals surface area contributed by atoms with Crippen LogP contribution in [0.15, 0.2) is 59.7 Å². The molecule has 0 unspecified atom stereocenters. The molecular formula is C26H34N2O6. The second-order valence-electron chi connectivity index (χ2n) is 7.69. The highest BCUT2D eigenvalue weighted by Crippen LogP contribution is 2.23. The fourth-order valence-electron chi connectivity index (χ4n) is 2.66. The van der Waals surface area contributed by atoms with Gasteiger partial charge in [-0.25, -0.2) is 9.59 Å². The average molecular weight is 471 g/mol. The number of phenols is 1. The second kappa shape index (κ2) is 14.3. The highest BCUT2D eigenvalue weighted by Gasteiger charge is 2.09. The Morgan fingerprint density at radius 1 is 0.882 bits per heavy atom. The van der Waals surface area contributed by atoms with Crippen LogP contribution >= 0.6 is 0 Å². The molecule has 5 N–H and O–H groups in total. The van der Waals surface area contributed by atoms with Gasteiger partial charge >= 0.3 is 11.9 Å². The van der Waals surface area contributed by atoms with Crippen LogP contribution in [-0.4, -0.2) is 37.9 Å². The van der Waals surface area contributed by atoms with Crippen molar-refractivity contribution in [3.63, 3.8) is 0 Å². The number of carbonyl (C=O) groups is 2. The normalized spacial score (nSPS) is 10.4. The molecule has 0 radical (unpaired) electrons. The van der Waals surface area contributed by atoms with Crippen LogP contribution in [0.1, 0.15) is 54.3 Å². The Bertz CT molecular complexity index is 1040. The van der Waals surface area contributed by atoms with Crippen molar-refractivity contribution in [3.05, 3.63) is 70.8 Å². The summed E-state index contributed by atoms with van der Waals surface area (Å²) in [5, 5.41) is 9.11. The van der Waals surface area contributed by atoms with E-state index in [2.05, 4.69) is 36.3 Å². The molecule has 8 heteroatoms. The number of hydrogen-bond donors (Lipinski definition) is 3. The van der Waals surface area contributed by atoms with E-state index in [0.29, 0.717) is 23.6 Å². The van der Waals surface area contributed by atoms with E-state index in [1.807, 2.05) is 6.08 Å². The van der Waals surface area contributed by atoms with Gasteiger partial charge in [0.2, 0.25) is 0 Å². The molecule has 0 aromatic heterocycles. The molecule has 2 aromatic carbocycles. The predicted molar refractivity (Wildman–Crippen MR) is 134 cm³/mol. The van der Waals surface area contributed by atoms with Gasteiger partial charge in [0.05, 0.1) is 36.7 Å². The number of rotatable bonds is 8. The number of phenolic OH excluding ortho intramolecular Hbond substituents is 1. The molecule has 0 heterocycles. The molecule has 0 fully saturated rings. The van der Waals surface area contributed by atoms with Crippen LogP contribution in [-0.2, 0) is 9.47 Å². The third-order valence-electron chi connectivity index (χ3n) is 4.65. The van der Waals surface area contributed by atoms with E-state index in [9.17, 15) is 9.59 Å². The lowest BCUT2D eigenvalue weighted by molar-refractivity contribution is 0.0591. The maximum absolute atomic E-state index is 11.5. The summed E-state index contributed by atoms with van der Waals surface area (Å²) >= 11 is 0. The number of benzene rings is 2. The van der Waals surface area contributed by atoms with Crippen molar-refractivity contribution in [3.8, 4) is 11.5 Å². The number of allylic oxidation sites excluding steroid dienone is 3. The molecule has 184 valence electrons. The Morgan fingerprint density at radius 3 is 1.97 bits per heavy atom. The van der Waals surface area contributed by atoms with Gasteiger partial charge < -0.3 is 30.8 Å². The van der Waals surface area contributed by atoms with Crippen molar-refractivity contribution < 1.29 is 28.9 Å². The molecular weight excluding hydrogens is 436 g/mol. The number of ether oxygens (including phenoxy) is 3. The third-order valence-corrected chi connectivity index (χ3v) is 4.65. The molecule has 0 saturated carbocycles. The zero-order valence-electron chi connectivity index (χ0n) is 20.4. The van der Waals surface area contributed by atoms with Gasteiger partial charge in [-0.15, -0.1) is 0 Å². The Kier molecular flexibility index (Phi) is 11.8. The number of anilines is 2. The molecule has 0 spiro atoms. The average Bonchev–Trinajstić information content (AvgIpc) is 2.81. The highest BCUT2D eigenvalue weighted by molar-refractivity contribution is 5.91. The first-order valence-corrected chi connectivity index (χ1v) is 10.7. The van der Waals surface area contributed by atoms with Crippen molar-refractivity contribution >= 4 is 23.3 Å². The van der Waals surface area contributed by atoms with Crippen molar-refractivity contribution in [1.82, 2.24) is 0 Å². The first kappa shape index (κ1) is 28.1. The van der Waals surface area contributed by atoms with Gasteiger partial charge in [0, 0.05) is 0 Å². The monoisotopic (exact) mass is 470 g/mol. The van der Waals surface area contributed by atoms with Gasteiger partial charge in [-0.1, -0.05) is 17.2 Å². The zero-order valence-corrected chi connectivity index (χ0v) is 20.4. The number of nitrogens with two attached hydrogens (primary N) is 2. The molecule has 0 atom stereocenters. The fraction of sp³-hybridized carbons (Fsp3) is 0.308. The van der Waals surface area contributed by atoms with Crippen molar-refractivity contribution in [2.45, 2.75) is 33.6 Å². The smallest absolute Gasteiger partial charge is 0.337 e. The van der Waals surface area contributed by atoms with Crippen LogP contribution in [0.2, 0.25) is 0 Å². The van der Waals surface area contributed by atoms with E-state index in [1.165, 1.54) is 43.6 Å². The standard InChI is InChI=1S/C18H25NO3.C8H9NO3/c1-13(2)6-5-7-14(3)10-11-22-17-12-15(18(20)21-4)8-9-16(17)19;1-12-8(11)5-2-3-6(9)7(10)4-5/h6,8-10,12H,5,7,11,19H2,1-4H3;2-4,10H,9H2,1H3/b14-10+;. The van der Waals surface area contributed by atoms with Crippen LogP contribution in [0.5, 0.6) is 11.5 Å². The minimum atomic E-state index is -0.495. The van der Waals surface area contributed by atoms with Crippen LogP contribution in [0, 0.1) is 0 Å². The van der Waals surface area contributed by atoms with Crippen molar-refractivity contribution in [1.29, 1.82) is 0 Å². The molecule has 0 saturated heterocycles. The third kappa shape index (κ3) is 9.68. The lowest BCUT2D eigenvalue weighted by atomic mass is 10.1. The maximum Gasteiger partial charge on any atom is 0.337 e. The SMILES string of the molecule is COC(=O)c1ccc(N)c(O)c1.COC(=O)c1ccc(N)c(OC/C=C(\C)CCC=C(C)C)c1. The molecule has 34 heavy (non-hydrogen) atoms. The van der Waals surface area contributed by atoms with Crippen LogP contribution in [0.3, 0.4) is 0 Å². The minimum Gasteiger partial charge on any atom is -0.506 e. The van der Waals surface area contributed by atoms with E-state index in [-0.39, 0.29) is 17.0 Å². The van der Waals surface area contributed by atoms with Gasteiger partial charge in [0.1, 0.15) is 18.1 Å². The maximum atomic E-state index is 11.5. The number of hydrogen-bond acceptors (Lipinski definition) is 8. The van der Waals surface area contributed by atoms with Gasteiger partial charge in [-0.05, 0) is 76.1 Å². The number of methoxy groups -OCH3 is 2. The van der Waals surface area contributed by atoms with Crippen LogP contribution in [0.4, 0.5) is 11.4 Å². The summed E-state index contributed by atoms with van der Waals surface area (Å²) in [4.78, 5) is 22.4. The summed E-state index contributed by atoms with van der Waals surface area (Å²) in [6.45, 7) is 6.70. The van der Waals surface area contributed by atoms with Crippen molar-refractivity contribution in [2.24, 2.45) is 0 Å². The first-order chi connectivity index (χ1) is 16.1. The Labute approximate surface area is 200 Å². The predicted octanol–water partition coefficient (Wildman–Crippen LogP) is 4.89. The van der Waals surface area contributed by atoms with Crippen molar-refractivity contribution in [2.75, 3.05) is 32.3 Å². The zero-order chi connectivity index (χ0) is 25.7. The summed E-state index contributed by atoms with van der Waals surface area (Å²) < 4.78 is 14.8. The van der Waals surface area contributed by atoms with E-state index >= 15 is 0 Å². The Hall–Kier alpha value is -3.94. The summed E-state index contributed by atoms with van der Waals surface area (Å²) in [5.41, 5.74) is 15.2. The number of esters is 2. The van der Waals surface area contributed by atoms with E-state index in [0.717, 1.165) is 12.8 Å². The van der Waals surface area contributed by atoms with E-state index < -0.39 is 11.9 Å². The Morgan fingerprint density at radius 2 is 1.44 bits per heavy atom. The van der Waals surface area contributed by atoms with E-state index in [4.69, 9.17) is 21.3 Å². The first-order valence-electron chi connectivity index (χ1n) is 10.7. The largest absolute Gasteiger partial charge is 0.506 e. The van der Waals surface area contributed by atoms with E-state index in [1.54, 1.807) is 18.2 Å². The summed E-state index contributed by atoms with van der Waals surface area (Å²) in [6.07, 6.45) is 6.29. The molecule has 2 rings (SSSR count). The molecule has 2 aromatic rings. The summed E-state index contributed by atoms with van der Waals surface area (Å²) in [5.74, 6) is -0.516. The molecule has 0 aliphatic carbocycles. The quantitative estimate of drug-likeness (QED) is 0.215. The van der Waals surface area contributed by atoms with Gasteiger partial charge in [-0.3, -0.25) is 0 Å². The highest BCUT2D eigenvalue weighted by atomic mass is 16.5. The molecule has 8 nitrogen and oxygen atoms in total. The summed E-state index contributed by atoms with van der Waals surface area (Å²) in [7, 11) is 2.62. The molecule has 0 bridgehead atoms. The molecule has 0 aliphatic heterocycles. The lowest BCUT2D eigenvalue weighted by Gasteiger charge is -2.09. The minimum absolute atomic E-state index is 0.113. The number of carbonyl (C=O) groups excluding carboxylic acids is 2. The van der Waals surface area contributed by atoms with Gasteiger partial charge in [0.25, 0.3) is 0 Å². The summed E-state index contributed by atoms with van der Waals surface area (Å²) in [6, 6.07) is 9.07. The number of nitrogen functional groups attached to an aromatic ring is 2. The van der Waals surface area contributed by atoms with Crippen LogP contribution in [0.25, 0.3) is 0 Å².